The first-order chi connectivity index (χ1) is 28.5. The van der Waals surface area contributed by atoms with E-state index in [-0.39, 0.29) is 10.8 Å². The Hall–Kier alpha value is -6.32. The fourth-order valence-electron chi connectivity index (χ4n) is 11.4. The summed E-state index contributed by atoms with van der Waals surface area (Å²) in [5, 5.41) is 3.65. The summed E-state index contributed by atoms with van der Waals surface area (Å²) in [5.74, 6) is 0. The van der Waals surface area contributed by atoms with Crippen LogP contribution in [0.5, 0.6) is 0 Å². The second-order valence-corrected chi connectivity index (χ2v) is 17.7. The number of nitrogens with one attached hydrogen (secondary N) is 1. The Morgan fingerprint density at radius 2 is 1.02 bits per heavy atom. The monoisotopic (exact) mass is 749 g/mol. The third kappa shape index (κ3) is 4.92. The highest BCUT2D eigenvalue weighted by Crippen LogP contribution is 2.58. The van der Waals surface area contributed by atoms with E-state index in [1.807, 2.05) is 0 Å². The lowest BCUT2D eigenvalue weighted by Gasteiger charge is -2.34. The van der Waals surface area contributed by atoms with E-state index in [9.17, 15) is 0 Å². The lowest BCUT2D eigenvalue weighted by atomic mass is 9.76. The molecule has 0 amide bonds. The van der Waals surface area contributed by atoms with Crippen LogP contribution in [-0.4, -0.2) is 6.54 Å². The Morgan fingerprint density at radius 1 is 0.500 bits per heavy atom. The molecule has 1 fully saturated rings. The third-order valence-electron chi connectivity index (χ3n) is 14.2. The Labute approximate surface area is 342 Å². The van der Waals surface area contributed by atoms with Gasteiger partial charge >= 0.3 is 0 Å². The molecule has 1 saturated carbocycles. The minimum atomic E-state index is -0.138. The Balaban J connectivity index is 0.857. The topological polar surface area (TPSA) is 18.5 Å². The normalized spacial score (nSPS) is 17.3. The lowest BCUT2D eigenvalue weighted by Crippen LogP contribution is -2.25. The van der Waals surface area contributed by atoms with Crippen LogP contribution in [0.15, 0.2) is 146 Å². The Bertz CT molecular complexity index is 2810. The molecule has 7 aromatic rings. The summed E-state index contributed by atoms with van der Waals surface area (Å²) < 4.78 is 0. The predicted octanol–water partition coefficient (Wildman–Crippen LogP) is 14.6. The first-order valence-electron chi connectivity index (χ1n) is 21.3. The highest BCUT2D eigenvalue weighted by molar-refractivity contribution is 5.97. The van der Waals surface area contributed by atoms with Crippen LogP contribution >= 0.6 is 0 Å². The summed E-state index contributed by atoms with van der Waals surface area (Å²) >= 11 is 0. The van der Waals surface area contributed by atoms with E-state index in [1.54, 1.807) is 5.56 Å². The van der Waals surface area contributed by atoms with Crippen LogP contribution in [0.25, 0.3) is 34.4 Å². The number of nitrogens with zero attached hydrogens (tertiary/aromatic N) is 2. The van der Waals surface area contributed by atoms with Crippen molar-refractivity contribution in [3.63, 3.8) is 0 Å². The highest BCUT2D eigenvalue weighted by atomic mass is 15.2. The van der Waals surface area contributed by atoms with Crippen molar-refractivity contribution in [2.45, 2.75) is 63.2 Å². The van der Waals surface area contributed by atoms with Crippen molar-refractivity contribution in [2.75, 3.05) is 21.7 Å². The van der Waals surface area contributed by atoms with Crippen LogP contribution < -0.4 is 15.1 Å². The number of anilines is 7. The second-order valence-electron chi connectivity index (χ2n) is 17.7. The van der Waals surface area contributed by atoms with E-state index >= 15 is 0 Å². The molecule has 5 aliphatic rings. The zero-order valence-electron chi connectivity index (χ0n) is 33.4. The maximum Gasteiger partial charge on any atom is 0.0697 e. The predicted molar refractivity (Wildman–Crippen MR) is 244 cm³/mol. The van der Waals surface area contributed by atoms with E-state index in [0.29, 0.717) is 0 Å². The van der Waals surface area contributed by atoms with Crippen molar-refractivity contribution in [3.05, 3.63) is 185 Å². The molecule has 7 aromatic carbocycles. The lowest BCUT2D eigenvalue weighted by molar-refractivity contribution is 0.549. The SMILES string of the molecule is CC1(C)c2cc(/C=C/c3ccc4c(c3)C3(CCCC3)c3cc(N5CCCc6ccccc65)ccc3-4)ccc2-c2ccc(N3c4ccccc4Nc4ccccc43)cc21. The summed E-state index contributed by atoms with van der Waals surface area (Å²) in [6.07, 6.45) is 12.1. The molecule has 58 heavy (non-hydrogen) atoms. The number of hydrogen-bond acceptors (Lipinski definition) is 3. The zero-order chi connectivity index (χ0) is 38.6. The molecule has 2 aliphatic heterocycles. The average Bonchev–Trinajstić information content (AvgIpc) is 3.93. The van der Waals surface area contributed by atoms with Gasteiger partial charge in [0.2, 0.25) is 0 Å². The molecular formula is C55H47N3. The zero-order valence-corrected chi connectivity index (χ0v) is 33.4. The molecule has 3 heteroatoms. The minimum absolute atomic E-state index is 0.108. The minimum Gasteiger partial charge on any atom is -0.352 e. The van der Waals surface area contributed by atoms with Gasteiger partial charge in [-0.15, -0.1) is 0 Å². The smallest absolute Gasteiger partial charge is 0.0697 e. The Morgan fingerprint density at radius 3 is 1.71 bits per heavy atom. The third-order valence-corrected chi connectivity index (χ3v) is 14.2. The van der Waals surface area contributed by atoms with Crippen LogP contribution in [0.2, 0.25) is 0 Å². The van der Waals surface area contributed by atoms with Crippen LogP contribution in [-0.2, 0) is 17.3 Å². The molecule has 12 rings (SSSR count). The van der Waals surface area contributed by atoms with Gasteiger partial charge in [0, 0.05) is 34.4 Å². The fraction of sp³-hybridized carbons (Fsp3) is 0.200. The Kier molecular flexibility index (Phi) is 7.33. The molecule has 0 radical (unpaired) electrons. The molecule has 2 heterocycles. The average molecular weight is 750 g/mol. The van der Waals surface area contributed by atoms with Crippen molar-refractivity contribution >= 4 is 52.0 Å². The van der Waals surface area contributed by atoms with E-state index in [2.05, 4.69) is 187 Å². The van der Waals surface area contributed by atoms with Gasteiger partial charge in [0.15, 0.2) is 0 Å². The summed E-state index contributed by atoms with van der Waals surface area (Å²) in [7, 11) is 0. The first kappa shape index (κ1) is 33.8. The van der Waals surface area contributed by atoms with Crippen molar-refractivity contribution < 1.29 is 0 Å². The standard InChI is InChI=1S/C55H47N3/c1-54(2)45-32-36(21-25-41(45)42-28-24-40(35-46(42)54)58-52-17-7-4-14-49(52)56-50-15-5-8-18-53(50)58)19-20-37-22-26-43-44-27-23-39(57-31-11-13-38-12-3-6-16-51(38)57)34-48(44)55(47(43)33-37)29-9-10-30-55/h3-8,12,14-28,32-35,56H,9-11,13,29-31H2,1-2H3/b20-19+. The molecule has 3 aliphatic carbocycles. The van der Waals surface area contributed by atoms with Gasteiger partial charge in [-0.1, -0.05) is 130 Å². The number of benzene rings is 7. The summed E-state index contributed by atoms with van der Waals surface area (Å²) in [4.78, 5) is 4.98. The largest absolute Gasteiger partial charge is 0.352 e. The van der Waals surface area contributed by atoms with Crippen LogP contribution in [0.3, 0.4) is 0 Å². The maximum atomic E-state index is 3.65. The van der Waals surface area contributed by atoms with Gasteiger partial charge in [0.1, 0.15) is 0 Å². The quantitative estimate of drug-likeness (QED) is 0.181. The molecule has 0 bridgehead atoms. The molecule has 1 N–H and O–H groups in total. The van der Waals surface area contributed by atoms with E-state index in [0.717, 1.165) is 17.9 Å². The number of hydrogen-bond donors (Lipinski definition) is 1. The number of rotatable bonds is 4. The van der Waals surface area contributed by atoms with Gasteiger partial charge in [-0.2, -0.15) is 0 Å². The molecule has 0 unspecified atom stereocenters. The summed E-state index contributed by atoms with van der Waals surface area (Å²) in [6, 6.07) is 55.0. The van der Waals surface area contributed by atoms with Crippen molar-refractivity contribution in [1.82, 2.24) is 0 Å². The summed E-state index contributed by atoms with van der Waals surface area (Å²) in [6.45, 7) is 5.87. The number of para-hydroxylation sites is 5. The highest BCUT2D eigenvalue weighted by Gasteiger charge is 2.45. The molecular weight excluding hydrogens is 703 g/mol. The van der Waals surface area contributed by atoms with E-state index < -0.39 is 0 Å². The fourth-order valence-corrected chi connectivity index (χ4v) is 11.4. The first-order valence-corrected chi connectivity index (χ1v) is 21.3. The molecule has 1 spiro atoms. The molecule has 3 nitrogen and oxygen atoms in total. The number of fused-ring (bicyclic) bond motifs is 11. The van der Waals surface area contributed by atoms with Crippen LogP contribution in [0.4, 0.5) is 39.8 Å². The number of aryl methyl sites for hydroxylation is 1. The van der Waals surface area contributed by atoms with Gasteiger partial charge in [0.05, 0.1) is 22.7 Å². The maximum absolute atomic E-state index is 3.65. The van der Waals surface area contributed by atoms with Crippen LogP contribution in [0, 0.1) is 0 Å². The second kappa shape index (κ2) is 12.6. The van der Waals surface area contributed by atoms with Gasteiger partial charge < -0.3 is 15.1 Å². The van der Waals surface area contributed by atoms with Gasteiger partial charge in [-0.05, 0) is 141 Å². The van der Waals surface area contributed by atoms with Crippen molar-refractivity contribution in [1.29, 1.82) is 0 Å². The van der Waals surface area contributed by atoms with Gasteiger partial charge in [-0.3, -0.25) is 0 Å². The molecule has 282 valence electrons. The molecule has 0 saturated heterocycles. The van der Waals surface area contributed by atoms with Crippen LogP contribution in [0.1, 0.15) is 84.9 Å². The molecule has 0 atom stereocenters. The van der Waals surface area contributed by atoms with Gasteiger partial charge in [0.25, 0.3) is 0 Å². The van der Waals surface area contributed by atoms with Gasteiger partial charge in [-0.25, -0.2) is 0 Å². The van der Waals surface area contributed by atoms with Crippen molar-refractivity contribution in [2.24, 2.45) is 0 Å². The summed E-state index contributed by atoms with van der Waals surface area (Å²) in [5.41, 5.74) is 23.9. The van der Waals surface area contributed by atoms with E-state index in [4.69, 9.17) is 0 Å². The van der Waals surface area contributed by atoms with Crippen molar-refractivity contribution in [3.8, 4) is 22.3 Å². The van der Waals surface area contributed by atoms with E-state index in [1.165, 1.54) is 123 Å². The molecule has 0 aromatic heterocycles.